The topological polar surface area (TPSA) is 49.3 Å². The van der Waals surface area contributed by atoms with Gasteiger partial charge in [-0.15, -0.1) is 0 Å². The molecule has 0 atom stereocenters. The number of rotatable bonds is 3. The van der Waals surface area contributed by atoms with E-state index in [4.69, 9.17) is 0 Å². The SMILES string of the molecule is Cc1cnc(C)c(N2CCC(N(C)C(=O)C3CC3)CC2)n1. The highest BCUT2D eigenvalue weighted by atomic mass is 16.2. The van der Waals surface area contributed by atoms with E-state index < -0.39 is 0 Å². The van der Waals surface area contributed by atoms with Crippen LogP contribution >= 0.6 is 0 Å². The molecule has 0 spiro atoms. The summed E-state index contributed by atoms with van der Waals surface area (Å²) in [6, 6.07) is 0.382. The van der Waals surface area contributed by atoms with Crippen LogP contribution in [0.15, 0.2) is 6.20 Å². The maximum Gasteiger partial charge on any atom is 0.225 e. The number of hydrogen-bond acceptors (Lipinski definition) is 4. The molecular formula is C16H24N4O. The number of anilines is 1. The number of nitrogens with zero attached hydrogens (tertiary/aromatic N) is 4. The highest BCUT2D eigenvalue weighted by molar-refractivity contribution is 5.81. The van der Waals surface area contributed by atoms with Crippen LogP contribution in [0.1, 0.15) is 37.1 Å². The molecule has 1 aromatic rings. The molecule has 21 heavy (non-hydrogen) atoms. The minimum absolute atomic E-state index is 0.318. The Morgan fingerprint density at radius 1 is 1.24 bits per heavy atom. The van der Waals surface area contributed by atoms with Crippen LogP contribution in [0.3, 0.4) is 0 Å². The third-order valence-electron chi connectivity index (χ3n) is 4.64. The second-order valence-corrected chi connectivity index (χ2v) is 6.36. The van der Waals surface area contributed by atoms with Crippen molar-refractivity contribution in [1.82, 2.24) is 14.9 Å². The first kappa shape index (κ1) is 14.3. The van der Waals surface area contributed by atoms with Crippen molar-refractivity contribution in [2.75, 3.05) is 25.0 Å². The van der Waals surface area contributed by atoms with E-state index >= 15 is 0 Å². The van der Waals surface area contributed by atoms with Crippen molar-refractivity contribution in [3.63, 3.8) is 0 Å². The molecule has 2 heterocycles. The van der Waals surface area contributed by atoms with E-state index in [1.54, 1.807) is 0 Å². The van der Waals surface area contributed by atoms with Gasteiger partial charge in [-0.3, -0.25) is 9.78 Å². The molecule has 0 N–H and O–H groups in total. The summed E-state index contributed by atoms with van der Waals surface area (Å²) in [7, 11) is 1.97. The van der Waals surface area contributed by atoms with Gasteiger partial charge in [0.1, 0.15) is 5.82 Å². The summed E-state index contributed by atoms with van der Waals surface area (Å²) in [6.07, 6.45) is 6.02. The zero-order chi connectivity index (χ0) is 15.0. The van der Waals surface area contributed by atoms with Crippen molar-refractivity contribution < 1.29 is 4.79 Å². The van der Waals surface area contributed by atoms with Crippen molar-refractivity contribution >= 4 is 11.7 Å². The molecule has 1 aromatic heterocycles. The fourth-order valence-electron chi connectivity index (χ4n) is 3.09. The fraction of sp³-hybridized carbons (Fsp3) is 0.688. The number of carbonyl (C=O) groups is 1. The van der Waals surface area contributed by atoms with Gasteiger partial charge in [0.25, 0.3) is 0 Å². The highest BCUT2D eigenvalue weighted by Crippen LogP contribution is 2.32. The van der Waals surface area contributed by atoms with Crippen LogP contribution in [-0.2, 0) is 4.79 Å². The van der Waals surface area contributed by atoms with Crippen LogP contribution in [-0.4, -0.2) is 47.0 Å². The Morgan fingerprint density at radius 2 is 1.90 bits per heavy atom. The highest BCUT2D eigenvalue weighted by Gasteiger charge is 2.35. The molecule has 5 heteroatoms. The van der Waals surface area contributed by atoms with Gasteiger partial charge >= 0.3 is 0 Å². The Labute approximate surface area is 126 Å². The first-order valence-corrected chi connectivity index (χ1v) is 7.88. The van der Waals surface area contributed by atoms with Crippen LogP contribution in [0.4, 0.5) is 5.82 Å². The van der Waals surface area contributed by atoms with Gasteiger partial charge in [0, 0.05) is 38.3 Å². The maximum absolute atomic E-state index is 12.1. The molecular weight excluding hydrogens is 264 g/mol. The number of piperidine rings is 1. The van der Waals surface area contributed by atoms with E-state index in [0.717, 1.165) is 56.0 Å². The second-order valence-electron chi connectivity index (χ2n) is 6.36. The fourth-order valence-corrected chi connectivity index (χ4v) is 3.09. The van der Waals surface area contributed by atoms with Gasteiger partial charge < -0.3 is 9.80 Å². The summed E-state index contributed by atoms with van der Waals surface area (Å²) in [4.78, 5) is 25.5. The van der Waals surface area contributed by atoms with Crippen LogP contribution in [0, 0.1) is 19.8 Å². The van der Waals surface area contributed by atoms with E-state index in [9.17, 15) is 4.79 Å². The van der Waals surface area contributed by atoms with Crippen molar-refractivity contribution in [2.24, 2.45) is 5.92 Å². The number of aryl methyl sites for hydroxylation is 2. The molecule has 0 aromatic carbocycles. The minimum Gasteiger partial charge on any atom is -0.355 e. The van der Waals surface area contributed by atoms with E-state index in [1.807, 2.05) is 32.0 Å². The van der Waals surface area contributed by atoms with Gasteiger partial charge in [-0.2, -0.15) is 0 Å². The molecule has 3 rings (SSSR count). The largest absolute Gasteiger partial charge is 0.355 e. The van der Waals surface area contributed by atoms with Crippen LogP contribution in [0.2, 0.25) is 0 Å². The molecule has 114 valence electrons. The quantitative estimate of drug-likeness (QED) is 0.853. The van der Waals surface area contributed by atoms with Crippen LogP contribution in [0.5, 0.6) is 0 Å². The Bertz CT molecular complexity index is 533. The van der Waals surface area contributed by atoms with Crippen molar-refractivity contribution in [3.8, 4) is 0 Å². The molecule has 1 amide bonds. The minimum atomic E-state index is 0.318. The van der Waals surface area contributed by atoms with Gasteiger partial charge in [-0.1, -0.05) is 0 Å². The molecule has 0 unspecified atom stereocenters. The lowest BCUT2D eigenvalue weighted by Crippen LogP contribution is -2.46. The third-order valence-corrected chi connectivity index (χ3v) is 4.64. The maximum atomic E-state index is 12.1. The lowest BCUT2D eigenvalue weighted by atomic mass is 10.0. The molecule has 0 radical (unpaired) electrons. The standard InChI is InChI=1S/C16H24N4O/c1-11-10-17-12(2)15(18-11)20-8-6-14(7-9-20)19(3)16(21)13-4-5-13/h10,13-14H,4-9H2,1-3H3. The Hall–Kier alpha value is -1.65. The van der Waals surface area contributed by atoms with Gasteiger partial charge in [0.2, 0.25) is 5.91 Å². The number of amides is 1. The Balaban J connectivity index is 1.62. The monoisotopic (exact) mass is 288 g/mol. The molecule has 1 aliphatic carbocycles. The molecule has 1 saturated heterocycles. The number of aromatic nitrogens is 2. The summed E-state index contributed by atoms with van der Waals surface area (Å²) in [5, 5.41) is 0. The summed E-state index contributed by atoms with van der Waals surface area (Å²) in [5.74, 6) is 1.67. The van der Waals surface area contributed by atoms with E-state index in [1.165, 1.54) is 0 Å². The van der Waals surface area contributed by atoms with Crippen molar-refractivity contribution in [1.29, 1.82) is 0 Å². The van der Waals surface area contributed by atoms with E-state index in [-0.39, 0.29) is 0 Å². The van der Waals surface area contributed by atoms with E-state index in [0.29, 0.717) is 17.9 Å². The first-order chi connectivity index (χ1) is 10.1. The van der Waals surface area contributed by atoms with E-state index in [2.05, 4.69) is 14.9 Å². The number of hydrogen-bond donors (Lipinski definition) is 0. The molecule has 5 nitrogen and oxygen atoms in total. The Morgan fingerprint density at radius 3 is 2.52 bits per heavy atom. The average molecular weight is 288 g/mol. The summed E-state index contributed by atoms with van der Waals surface area (Å²) in [6.45, 7) is 5.89. The third kappa shape index (κ3) is 3.01. The summed E-state index contributed by atoms with van der Waals surface area (Å²) < 4.78 is 0. The van der Waals surface area contributed by atoms with Gasteiger partial charge in [-0.05, 0) is 39.5 Å². The Kier molecular flexibility index (Phi) is 3.83. The molecule has 2 fully saturated rings. The molecule has 1 saturated carbocycles. The lowest BCUT2D eigenvalue weighted by molar-refractivity contribution is -0.133. The summed E-state index contributed by atoms with van der Waals surface area (Å²) >= 11 is 0. The van der Waals surface area contributed by atoms with Gasteiger partial charge in [-0.25, -0.2) is 4.98 Å². The smallest absolute Gasteiger partial charge is 0.225 e. The predicted octanol–water partition coefficient (Wildman–Crippen LogP) is 1.93. The number of carbonyl (C=O) groups excluding carboxylic acids is 1. The second kappa shape index (κ2) is 5.62. The lowest BCUT2D eigenvalue weighted by Gasteiger charge is -2.37. The predicted molar refractivity (Wildman–Crippen MR) is 82.2 cm³/mol. The van der Waals surface area contributed by atoms with Crippen LogP contribution in [0.25, 0.3) is 0 Å². The van der Waals surface area contributed by atoms with Gasteiger partial charge in [0.15, 0.2) is 0 Å². The first-order valence-electron chi connectivity index (χ1n) is 7.88. The average Bonchev–Trinajstić information content (AvgIpc) is 3.33. The normalized spacial score (nSPS) is 19.7. The molecule has 0 bridgehead atoms. The van der Waals surface area contributed by atoms with Gasteiger partial charge in [0.05, 0.1) is 11.4 Å². The van der Waals surface area contributed by atoms with Crippen molar-refractivity contribution in [2.45, 2.75) is 45.6 Å². The van der Waals surface area contributed by atoms with Crippen molar-refractivity contribution in [3.05, 3.63) is 17.6 Å². The molecule has 2 aliphatic rings. The van der Waals surface area contributed by atoms with Crippen LogP contribution < -0.4 is 4.90 Å². The summed E-state index contributed by atoms with van der Waals surface area (Å²) in [5.41, 5.74) is 1.94. The zero-order valence-corrected chi connectivity index (χ0v) is 13.2. The zero-order valence-electron chi connectivity index (χ0n) is 13.2. The molecule has 1 aliphatic heterocycles.